The van der Waals surface area contributed by atoms with Crippen LogP contribution in [0.25, 0.3) is 0 Å². The number of hydrogen-bond acceptors (Lipinski definition) is 3. The molecule has 1 aromatic heterocycles. The Bertz CT molecular complexity index is 1060. The van der Waals surface area contributed by atoms with Crippen molar-refractivity contribution < 1.29 is 4.79 Å². The van der Waals surface area contributed by atoms with Gasteiger partial charge >= 0.3 is 5.69 Å². The maximum absolute atomic E-state index is 12.8. The molecule has 4 rings (SSSR count). The van der Waals surface area contributed by atoms with Crippen LogP contribution in [-0.4, -0.2) is 38.2 Å². The lowest BCUT2D eigenvalue weighted by Crippen LogP contribution is -2.38. The zero-order chi connectivity index (χ0) is 21.1. The summed E-state index contributed by atoms with van der Waals surface area (Å²) in [4.78, 5) is 27.3. The molecule has 6 nitrogen and oxygen atoms in total. The van der Waals surface area contributed by atoms with Gasteiger partial charge in [0.05, 0.1) is 0 Å². The molecular weight excluding hydrogens is 376 g/mol. The van der Waals surface area contributed by atoms with Crippen LogP contribution in [0.1, 0.15) is 46.1 Å². The van der Waals surface area contributed by atoms with Crippen molar-refractivity contribution in [2.24, 2.45) is 7.05 Å². The number of aryl methyl sites for hydroxylation is 3. The fourth-order valence-corrected chi connectivity index (χ4v) is 4.14. The largest absolute Gasteiger partial charge is 0.345 e. The molecule has 0 bridgehead atoms. The van der Waals surface area contributed by atoms with E-state index in [-0.39, 0.29) is 17.5 Å². The third kappa shape index (κ3) is 4.22. The van der Waals surface area contributed by atoms with Crippen molar-refractivity contribution in [2.45, 2.75) is 38.6 Å². The van der Waals surface area contributed by atoms with Crippen LogP contribution >= 0.6 is 0 Å². The number of benzene rings is 2. The van der Waals surface area contributed by atoms with Crippen molar-refractivity contribution in [2.75, 3.05) is 13.1 Å². The number of amides is 1. The SMILES string of the molecule is Cc1ccc(C(=O)N2CCC(c3nn(C)c(=O)n3CCc3ccccc3)CC2)cc1. The Morgan fingerprint density at radius 1 is 1.03 bits per heavy atom. The molecule has 3 aromatic rings. The van der Waals surface area contributed by atoms with Gasteiger partial charge in [-0.3, -0.25) is 9.36 Å². The molecule has 2 heterocycles. The lowest BCUT2D eigenvalue weighted by atomic mass is 9.95. The van der Waals surface area contributed by atoms with E-state index in [0.717, 1.165) is 36.2 Å². The number of hydrogen-bond donors (Lipinski definition) is 0. The number of nitrogens with zero attached hydrogens (tertiary/aromatic N) is 4. The topological polar surface area (TPSA) is 60.1 Å². The molecule has 6 heteroatoms. The molecular formula is C24H28N4O2. The predicted molar refractivity (Wildman–Crippen MR) is 117 cm³/mol. The smallest absolute Gasteiger partial charge is 0.339 e. The van der Waals surface area contributed by atoms with Gasteiger partial charge in [-0.2, -0.15) is 5.10 Å². The molecule has 0 aliphatic carbocycles. The van der Waals surface area contributed by atoms with Gasteiger partial charge in [-0.25, -0.2) is 9.48 Å². The van der Waals surface area contributed by atoms with Gasteiger partial charge in [0.2, 0.25) is 0 Å². The van der Waals surface area contributed by atoms with Gasteiger partial charge in [0.1, 0.15) is 5.82 Å². The molecule has 1 aliphatic rings. The zero-order valence-corrected chi connectivity index (χ0v) is 17.6. The third-order valence-corrected chi connectivity index (χ3v) is 5.95. The highest BCUT2D eigenvalue weighted by atomic mass is 16.2. The van der Waals surface area contributed by atoms with Gasteiger partial charge in [0, 0.05) is 38.2 Å². The number of likely N-dealkylation sites (tertiary alicyclic amines) is 1. The fraction of sp³-hybridized carbons (Fsp3) is 0.375. The summed E-state index contributed by atoms with van der Waals surface area (Å²) in [6.07, 6.45) is 2.43. The van der Waals surface area contributed by atoms with Crippen LogP contribution in [0, 0.1) is 6.92 Å². The van der Waals surface area contributed by atoms with Crippen molar-refractivity contribution in [3.05, 3.63) is 87.6 Å². The van der Waals surface area contributed by atoms with E-state index in [1.165, 1.54) is 10.2 Å². The Morgan fingerprint density at radius 2 is 1.70 bits per heavy atom. The molecule has 0 spiro atoms. The van der Waals surface area contributed by atoms with E-state index >= 15 is 0 Å². The van der Waals surface area contributed by atoms with Gasteiger partial charge in [-0.05, 0) is 43.9 Å². The zero-order valence-electron chi connectivity index (χ0n) is 17.6. The maximum atomic E-state index is 12.8. The molecule has 1 aliphatic heterocycles. The number of piperidine rings is 1. The van der Waals surface area contributed by atoms with E-state index in [0.29, 0.717) is 19.6 Å². The Labute approximate surface area is 176 Å². The lowest BCUT2D eigenvalue weighted by Gasteiger charge is -2.31. The Balaban J connectivity index is 1.44. The number of carbonyl (C=O) groups is 1. The van der Waals surface area contributed by atoms with Gasteiger partial charge in [0.25, 0.3) is 5.91 Å². The van der Waals surface area contributed by atoms with Crippen LogP contribution in [-0.2, 0) is 20.0 Å². The van der Waals surface area contributed by atoms with Crippen LogP contribution in [0.2, 0.25) is 0 Å². The highest BCUT2D eigenvalue weighted by Crippen LogP contribution is 2.27. The van der Waals surface area contributed by atoms with Crippen molar-refractivity contribution in [3.63, 3.8) is 0 Å². The van der Waals surface area contributed by atoms with E-state index in [4.69, 9.17) is 0 Å². The second-order valence-electron chi connectivity index (χ2n) is 8.08. The molecule has 30 heavy (non-hydrogen) atoms. The summed E-state index contributed by atoms with van der Waals surface area (Å²) in [5, 5.41) is 4.55. The second kappa shape index (κ2) is 8.69. The van der Waals surface area contributed by atoms with Crippen LogP contribution in [0.5, 0.6) is 0 Å². The highest BCUT2D eigenvalue weighted by Gasteiger charge is 2.28. The molecule has 0 atom stereocenters. The summed E-state index contributed by atoms with van der Waals surface area (Å²) in [6, 6.07) is 17.9. The van der Waals surface area contributed by atoms with Crippen LogP contribution < -0.4 is 5.69 Å². The van der Waals surface area contributed by atoms with Gasteiger partial charge < -0.3 is 4.90 Å². The average Bonchev–Trinajstić information content (AvgIpc) is 3.07. The molecule has 1 amide bonds. The normalized spacial score (nSPS) is 14.8. The predicted octanol–water partition coefficient (Wildman–Crippen LogP) is 3.15. The summed E-state index contributed by atoms with van der Waals surface area (Å²) in [5.74, 6) is 1.12. The monoisotopic (exact) mass is 404 g/mol. The van der Waals surface area contributed by atoms with Gasteiger partial charge in [-0.1, -0.05) is 48.0 Å². The molecule has 156 valence electrons. The minimum Gasteiger partial charge on any atom is -0.339 e. The first-order chi connectivity index (χ1) is 14.5. The molecule has 0 unspecified atom stereocenters. The molecule has 2 aromatic carbocycles. The minimum atomic E-state index is -0.0703. The van der Waals surface area contributed by atoms with Crippen LogP contribution in [0.3, 0.4) is 0 Å². The van der Waals surface area contributed by atoms with Crippen molar-refractivity contribution in [1.82, 2.24) is 19.2 Å². The Hall–Kier alpha value is -3.15. The first-order valence-electron chi connectivity index (χ1n) is 10.6. The average molecular weight is 405 g/mol. The summed E-state index contributed by atoms with van der Waals surface area (Å²) in [6.45, 7) is 4.00. The molecule has 0 saturated carbocycles. The summed E-state index contributed by atoms with van der Waals surface area (Å²) >= 11 is 0. The van der Waals surface area contributed by atoms with Crippen molar-refractivity contribution in [3.8, 4) is 0 Å². The summed E-state index contributed by atoms with van der Waals surface area (Å²) in [7, 11) is 1.71. The molecule has 0 N–H and O–H groups in total. The number of rotatable bonds is 5. The summed E-state index contributed by atoms with van der Waals surface area (Å²) < 4.78 is 3.25. The molecule has 0 radical (unpaired) electrons. The van der Waals surface area contributed by atoms with Crippen molar-refractivity contribution in [1.29, 1.82) is 0 Å². The molecule has 1 fully saturated rings. The van der Waals surface area contributed by atoms with E-state index < -0.39 is 0 Å². The lowest BCUT2D eigenvalue weighted by molar-refractivity contribution is 0.0710. The fourth-order valence-electron chi connectivity index (χ4n) is 4.14. The van der Waals surface area contributed by atoms with Crippen LogP contribution in [0.15, 0.2) is 59.4 Å². The summed E-state index contributed by atoms with van der Waals surface area (Å²) in [5.41, 5.74) is 3.02. The quantitative estimate of drug-likeness (QED) is 0.656. The van der Waals surface area contributed by atoms with Crippen LogP contribution in [0.4, 0.5) is 0 Å². The van der Waals surface area contributed by atoms with E-state index in [1.54, 1.807) is 7.05 Å². The minimum absolute atomic E-state index is 0.0703. The number of carbonyl (C=O) groups excluding carboxylic acids is 1. The van der Waals surface area contributed by atoms with Gasteiger partial charge in [-0.15, -0.1) is 0 Å². The van der Waals surface area contributed by atoms with Crippen molar-refractivity contribution >= 4 is 5.91 Å². The van der Waals surface area contributed by atoms with E-state index in [1.807, 2.05) is 58.9 Å². The van der Waals surface area contributed by atoms with Gasteiger partial charge in [0.15, 0.2) is 0 Å². The standard InChI is InChI=1S/C24H28N4O2/c1-18-8-10-21(11-9-18)23(29)27-15-13-20(14-16-27)22-25-26(2)24(30)28(22)17-12-19-6-4-3-5-7-19/h3-11,20H,12-17H2,1-2H3. The Morgan fingerprint density at radius 3 is 2.37 bits per heavy atom. The third-order valence-electron chi connectivity index (χ3n) is 5.95. The first-order valence-corrected chi connectivity index (χ1v) is 10.6. The highest BCUT2D eigenvalue weighted by molar-refractivity contribution is 5.94. The molecule has 1 saturated heterocycles. The maximum Gasteiger partial charge on any atom is 0.345 e. The first kappa shape index (κ1) is 20.1. The second-order valence-corrected chi connectivity index (χ2v) is 8.08. The Kier molecular flexibility index (Phi) is 5.84. The van der Waals surface area contributed by atoms with E-state index in [9.17, 15) is 9.59 Å². The van der Waals surface area contributed by atoms with E-state index in [2.05, 4.69) is 17.2 Å². The number of aromatic nitrogens is 3.